The summed E-state index contributed by atoms with van der Waals surface area (Å²) in [6.07, 6.45) is 3.02. The first-order valence-electron chi connectivity index (χ1n) is 8.55. The largest absolute Gasteiger partial charge is 0.348 e. The first kappa shape index (κ1) is 22.2. The molecule has 2 aromatic rings. The van der Waals surface area contributed by atoms with Crippen molar-refractivity contribution in [3.05, 3.63) is 57.8 Å². The molecule has 0 fully saturated rings. The predicted molar refractivity (Wildman–Crippen MR) is 109 cm³/mol. The number of amides is 2. The molecule has 0 radical (unpaired) electrons. The van der Waals surface area contributed by atoms with Gasteiger partial charge < -0.3 is 16.4 Å². The van der Waals surface area contributed by atoms with Crippen molar-refractivity contribution in [3.8, 4) is 0 Å². The summed E-state index contributed by atoms with van der Waals surface area (Å²) >= 11 is 1.41. The number of halogens is 1. The summed E-state index contributed by atoms with van der Waals surface area (Å²) in [5, 5.41) is 7.72. The number of nitrogens with one attached hydrogen (secondary N) is 2. The predicted octanol–water partition coefficient (Wildman–Crippen LogP) is 3.35. The summed E-state index contributed by atoms with van der Waals surface area (Å²) in [5.41, 5.74) is 7.27. The first-order valence-corrected chi connectivity index (χ1v) is 9.43. The zero-order valence-corrected chi connectivity index (χ0v) is 16.5. The second kappa shape index (κ2) is 11.7. The number of nitrogens with two attached hydrogens (primary N) is 1. The first-order chi connectivity index (χ1) is 12.1. The van der Waals surface area contributed by atoms with Crippen LogP contribution in [0, 0.1) is 0 Å². The Labute approximate surface area is 164 Å². The van der Waals surface area contributed by atoms with E-state index in [1.165, 1.54) is 11.3 Å². The van der Waals surface area contributed by atoms with E-state index >= 15 is 0 Å². The number of thiophene rings is 1. The summed E-state index contributed by atoms with van der Waals surface area (Å²) in [7, 11) is 0. The molecule has 0 aliphatic rings. The lowest BCUT2D eigenvalue weighted by atomic mass is 10.1. The van der Waals surface area contributed by atoms with Gasteiger partial charge in [-0.15, -0.1) is 23.7 Å². The highest BCUT2D eigenvalue weighted by molar-refractivity contribution is 7.12. The molecule has 1 unspecified atom stereocenters. The monoisotopic (exact) mass is 395 g/mol. The van der Waals surface area contributed by atoms with Crippen LogP contribution in [0.1, 0.15) is 51.8 Å². The Hall–Kier alpha value is -1.89. The van der Waals surface area contributed by atoms with Gasteiger partial charge in [0.2, 0.25) is 0 Å². The lowest BCUT2D eigenvalue weighted by Gasteiger charge is -2.16. The number of hydrogen-bond donors (Lipinski definition) is 3. The molecule has 26 heavy (non-hydrogen) atoms. The maximum absolute atomic E-state index is 12.3. The molecule has 5 nitrogen and oxygen atoms in total. The van der Waals surface area contributed by atoms with Crippen LogP contribution >= 0.6 is 23.7 Å². The van der Waals surface area contributed by atoms with E-state index in [9.17, 15) is 9.59 Å². The van der Waals surface area contributed by atoms with Gasteiger partial charge in [-0.1, -0.05) is 38.0 Å². The quantitative estimate of drug-likeness (QED) is 0.608. The van der Waals surface area contributed by atoms with Gasteiger partial charge in [-0.3, -0.25) is 9.59 Å². The average molecular weight is 396 g/mol. The highest BCUT2D eigenvalue weighted by atomic mass is 35.5. The van der Waals surface area contributed by atoms with Crippen LogP contribution in [-0.2, 0) is 6.54 Å². The van der Waals surface area contributed by atoms with Gasteiger partial charge >= 0.3 is 0 Å². The zero-order valence-electron chi connectivity index (χ0n) is 14.9. The van der Waals surface area contributed by atoms with E-state index in [4.69, 9.17) is 5.73 Å². The average Bonchev–Trinajstić information content (AvgIpc) is 3.18. The number of carbonyl (C=O) groups excluding carboxylic acids is 2. The molecule has 0 bridgehead atoms. The van der Waals surface area contributed by atoms with Crippen molar-refractivity contribution >= 4 is 35.6 Å². The minimum absolute atomic E-state index is 0. The van der Waals surface area contributed by atoms with Crippen LogP contribution in [-0.4, -0.2) is 24.4 Å². The Morgan fingerprint density at radius 2 is 1.88 bits per heavy atom. The Balaban J connectivity index is 0.00000338. The van der Waals surface area contributed by atoms with Gasteiger partial charge in [-0.2, -0.15) is 0 Å². The van der Waals surface area contributed by atoms with Crippen molar-refractivity contribution in [2.24, 2.45) is 5.73 Å². The van der Waals surface area contributed by atoms with E-state index in [0.717, 1.165) is 24.8 Å². The van der Waals surface area contributed by atoms with Crippen molar-refractivity contribution in [3.63, 3.8) is 0 Å². The second-order valence-corrected chi connectivity index (χ2v) is 6.85. The fourth-order valence-electron chi connectivity index (χ4n) is 2.42. The molecular weight excluding hydrogens is 370 g/mol. The molecule has 0 aliphatic carbocycles. The number of unbranched alkanes of at least 4 members (excludes halogenated alkanes) is 1. The van der Waals surface area contributed by atoms with E-state index in [1.54, 1.807) is 18.2 Å². The van der Waals surface area contributed by atoms with Crippen LogP contribution in [0.5, 0.6) is 0 Å². The highest BCUT2D eigenvalue weighted by Gasteiger charge is 2.12. The maximum atomic E-state index is 12.3. The van der Waals surface area contributed by atoms with E-state index in [1.807, 2.05) is 23.6 Å². The summed E-state index contributed by atoms with van der Waals surface area (Å²) < 4.78 is 0. The summed E-state index contributed by atoms with van der Waals surface area (Å²) in [5.74, 6) is -0.195. The van der Waals surface area contributed by atoms with Crippen molar-refractivity contribution in [1.82, 2.24) is 10.6 Å². The number of hydrogen-bond acceptors (Lipinski definition) is 4. The molecule has 4 N–H and O–H groups in total. The molecule has 7 heteroatoms. The zero-order chi connectivity index (χ0) is 18.1. The van der Waals surface area contributed by atoms with Crippen molar-refractivity contribution < 1.29 is 9.59 Å². The normalized spacial score (nSPS) is 11.3. The van der Waals surface area contributed by atoms with Gasteiger partial charge in [0.1, 0.15) is 0 Å². The number of rotatable bonds is 9. The van der Waals surface area contributed by atoms with Crippen LogP contribution in [0.2, 0.25) is 0 Å². The van der Waals surface area contributed by atoms with Gasteiger partial charge in [-0.25, -0.2) is 0 Å². The third-order valence-corrected chi connectivity index (χ3v) is 4.81. The second-order valence-electron chi connectivity index (χ2n) is 5.91. The number of benzene rings is 1. The van der Waals surface area contributed by atoms with Crippen LogP contribution in [0.4, 0.5) is 0 Å². The molecule has 0 saturated heterocycles. The van der Waals surface area contributed by atoms with Gasteiger partial charge in [0.15, 0.2) is 0 Å². The molecule has 1 atom stereocenters. The molecule has 0 saturated carbocycles. The van der Waals surface area contributed by atoms with Crippen LogP contribution in [0.3, 0.4) is 0 Å². The van der Waals surface area contributed by atoms with Gasteiger partial charge in [0, 0.05) is 24.7 Å². The Bertz CT molecular complexity index is 675. The van der Waals surface area contributed by atoms with Gasteiger partial charge in [0.25, 0.3) is 11.8 Å². The third kappa shape index (κ3) is 6.78. The van der Waals surface area contributed by atoms with Crippen LogP contribution in [0.25, 0.3) is 0 Å². The molecule has 2 amide bonds. The molecule has 1 aromatic heterocycles. The fourth-order valence-corrected chi connectivity index (χ4v) is 3.06. The topological polar surface area (TPSA) is 84.2 Å². The van der Waals surface area contributed by atoms with E-state index in [2.05, 4.69) is 17.6 Å². The van der Waals surface area contributed by atoms with Crippen LogP contribution in [0.15, 0.2) is 41.8 Å². The molecule has 2 rings (SSSR count). The summed E-state index contributed by atoms with van der Waals surface area (Å²) in [4.78, 5) is 24.9. The lowest BCUT2D eigenvalue weighted by molar-refractivity contribution is 0.0932. The maximum Gasteiger partial charge on any atom is 0.261 e. The van der Waals surface area contributed by atoms with E-state index < -0.39 is 0 Å². The molecular formula is C19H26ClN3O2S. The van der Waals surface area contributed by atoms with E-state index in [0.29, 0.717) is 23.5 Å². The minimum Gasteiger partial charge on any atom is -0.348 e. The third-order valence-electron chi connectivity index (χ3n) is 3.94. The number of carbonyl (C=O) groups is 2. The van der Waals surface area contributed by atoms with Crippen molar-refractivity contribution in [1.29, 1.82) is 0 Å². The van der Waals surface area contributed by atoms with Crippen molar-refractivity contribution in [2.75, 3.05) is 6.54 Å². The smallest absolute Gasteiger partial charge is 0.261 e. The summed E-state index contributed by atoms with van der Waals surface area (Å²) in [6.45, 7) is 2.99. The minimum atomic E-state index is -0.110. The Morgan fingerprint density at radius 3 is 2.46 bits per heavy atom. The molecule has 1 heterocycles. The highest BCUT2D eigenvalue weighted by Crippen LogP contribution is 2.09. The summed E-state index contributed by atoms with van der Waals surface area (Å²) in [6, 6.07) is 10.9. The fraction of sp³-hybridized carbons (Fsp3) is 0.368. The van der Waals surface area contributed by atoms with Gasteiger partial charge in [0.05, 0.1) is 4.88 Å². The Kier molecular flexibility index (Phi) is 9.95. The van der Waals surface area contributed by atoms with Gasteiger partial charge in [-0.05, 0) is 35.6 Å². The lowest BCUT2D eigenvalue weighted by Crippen LogP contribution is -2.40. The molecule has 142 valence electrons. The van der Waals surface area contributed by atoms with E-state index in [-0.39, 0.29) is 30.3 Å². The molecule has 0 spiro atoms. The Morgan fingerprint density at radius 1 is 1.15 bits per heavy atom. The molecule has 1 aromatic carbocycles. The van der Waals surface area contributed by atoms with Crippen molar-refractivity contribution in [2.45, 2.75) is 38.8 Å². The molecule has 0 aliphatic heterocycles. The standard InChI is InChI=1S/C19H25N3O2S.ClH/c1-2-3-5-16(12-20)22-18(23)15-9-7-14(8-10-15)13-21-19(24)17-6-4-11-25-17;/h4,6-11,16H,2-3,5,12-13,20H2,1H3,(H,21,24)(H,22,23);1H. The SMILES string of the molecule is CCCCC(CN)NC(=O)c1ccc(CNC(=O)c2cccs2)cc1.Cl. The van der Waals surface area contributed by atoms with Crippen LogP contribution < -0.4 is 16.4 Å².